The molecular formula is C17H14N2O3S2. The maximum Gasteiger partial charge on any atom is 0.294 e. The Morgan fingerprint density at radius 1 is 1.17 bits per heavy atom. The van der Waals surface area contributed by atoms with Gasteiger partial charge in [-0.3, -0.25) is 19.3 Å². The number of hydrogen-bond donors (Lipinski definition) is 0. The number of para-hydroxylation sites is 1. The Morgan fingerprint density at radius 3 is 2.58 bits per heavy atom. The molecule has 5 nitrogen and oxygen atoms in total. The molecule has 0 atom stereocenters. The number of hydrogen-bond acceptors (Lipinski definition) is 5. The van der Waals surface area contributed by atoms with Crippen molar-refractivity contribution in [2.45, 2.75) is 0 Å². The Hall–Kier alpha value is -2.38. The number of anilines is 1. The fraction of sp³-hybridized carbons (Fsp3) is 0.118. The predicted octanol–water partition coefficient (Wildman–Crippen LogP) is 3.45. The fourth-order valence-electron chi connectivity index (χ4n) is 2.18. The van der Waals surface area contributed by atoms with Crippen molar-refractivity contribution < 1.29 is 14.4 Å². The summed E-state index contributed by atoms with van der Waals surface area (Å²) in [6, 6.07) is 12.8. The SMILES string of the molecule is CN(C(=O)CN1C(=O)S/C(=C\c2cccs2)C1=O)c1ccccc1. The van der Waals surface area contributed by atoms with Crippen LogP contribution in [0.3, 0.4) is 0 Å². The van der Waals surface area contributed by atoms with Crippen LogP contribution in [0.25, 0.3) is 6.08 Å². The molecule has 122 valence electrons. The number of likely N-dealkylation sites (N-methyl/N-ethyl adjacent to an activating group) is 1. The number of rotatable bonds is 4. The van der Waals surface area contributed by atoms with Crippen LogP contribution < -0.4 is 4.90 Å². The minimum absolute atomic E-state index is 0.266. The zero-order valence-corrected chi connectivity index (χ0v) is 14.5. The van der Waals surface area contributed by atoms with Crippen LogP contribution in [0.4, 0.5) is 10.5 Å². The summed E-state index contributed by atoms with van der Waals surface area (Å²) in [7, 11) is 1.62. The predicted molar refractivity (Wildman–Crippen MR) is 96.8 cm³/mol. The molecule has 1 saturated heterocycles. The zero-order valence-electron chi connectivity index (χ0n) is 12.8. The van der Waals surface area contributed by atoms with Crippen LogP contribution in [0.5, 0.6) is 0 Å². The van der Waals surface area contributed by atoms with Crippen LogP contribution in [-0.2, 0) is 9.59 Å². The van der Waals surface area contributed by atoms with E-state index in [-0.39, 0.29) is 12.5 Å². The van der Waals surface area contributed by atoms with E-state index in [0.29, 0.717) is 10.6 Å². The summed E-state index contributed by atoms with van der Waals surface area (Å²) in [5, 5.41) is 1.48. The quantitative estimate of drug-likeness (QED) is 0.786. The molecule has 2 aromatic rings. The van der Waals surface area contributed by atoms with Crippen LogP contribution in [0.1, 0.15) is 4.88 Å². The van der Waals surface area contributed by atoms with Gasteiger partial charge in [-0.15, -0.1) is 11.3 Å². The first kappa shape index (κ1) is 16.5. The van der Waals surface area contributed by atoms with Gasteiger partial charge in [0.15, 0.2) is 0 Å². The summed E-state index contributed by atoms with van der Waals surface area (Å²) in [4.78, 5) is 40.5. The lowest BCUT2D eigenvalue weighted by molar-refractivity contribution is -0.128. The standard InChI is InChI=1S/C17H14N2O3S2/c1-18(12-6-3-2-4-7-12)15(20)11-19-16(21)14(24-17(19)22)10-13-8-5-9-23-13/h2-10H,11H2,1H3/b14-10-. The highest BCUT2D eigenvalue weighted by Crippen LogP contribution is 2.32. The van der Waals surface area contributed by atoms with Gasteiger partial charge in [-0.2, -0.15) is 0 Å². The van der Waals surface area contributed by atoms with Crippen molar-refractivity contribution in [3.63, 3.8) is 0 Å². The summed E-state index contributed by atoms with van der Waals surface area (Å²) >= 11 is 2.35. The van der Waals surface area contributed by atoms with Crippen LogP contribution in [0, 0.1) is 0 Å². The van der Waals surface area contributed by atoms with E-state index in [1.165, 1.54) is 16.2 Å². The summed E-state index contributed by atoms with van der Waals surface area (Å²) in [6.07, 6.45) is 1.68. The molecule has 0 saturated carbocycles. The van der Waals surface area contributed by atoms with Crippen LogP contribution in [0.2, 0.25) is 0 Å². The van der Waals surface area contributed by atoms with Crippen molar-refractivity contribution in [1.82, 2.24) is 4.90 Å². The first-order chi connectivity index (χ1) is 11.6. The number of carbonyl (C=O) groups excluding carboxylic acids is 3. The monoisotopic (exact) mass is 358 g/mol. The Bertz CT molecular complexity index is 801. The van der Waals surface area contributed by atoms with E-state index < -0.39 is 11.1 Å². The third-order valence-corrected chi connectivity index (χ3v) is 5.23. The lowest BCUT2D eigenvalue weighted by atomic mass is 10.3. The molecule has 0 aliphatic carbocycles. The second-order valence-corrected chi connectivity index (χ2v) is 7.04. The maximum atomic E-state index is 12.4. The second-order valence-electron chi connectivity index (χ2n) is 5.07. The molecule has 1 aliphatic rings. The average molecular weight is 358 g/mol. The molecule has 2 heterocycles. The van der Waals surface area contributed by atoms with Crippen molar-refractivity contribution in [3.8, 4) is 0 Å². The van der Waals surface area contributed by atoms with Gasteiger partial charge in [0.1, 0.15) is 6.54 Å². The summed E-state index contributed by atoms with van der Waals surface area (Å²) in [5.74, 6) is -0.742. The molecule has 24 heavy (non-hydrogen) atoms. The van der Waals surface area contributed by atoms with Gasteiger partial charge in [0, 0.05) is 17.6 Å². The average Bonchev–Trinajstić information content (AvgIpc) is 3.19. The molecule has 3 amide bonds. The highest BCUT2D eigenvalue weighted by molar-refractivity contribution is 8.18. The normalized spacial score (nSPS) is 16.0. The number of amides is 3. The molecule has 0 unspecified atom stereocenters. The topological polar surface area (TPSA) is 57.7 Å². The number of nitrogens with zero attached hydrogens (tertiary/aromatic N) is 2. The third-order valence-electron chi connectivity index (χ3n) is 3.50. The first-order valence-electron chi connectivity index (χ1n) is 7.17. The highest BCUT2D eigenvalue weighted by atomic mass is 32.2. The lowest BCUT2D eigenvalue weighted by Crippen LogP contribution is -2.40. The molecule has 0 bridgehead atoms. The largest absolute Gasteiger partial charge is 0.314 e. The van der Waals surface area contributed by atoms with Gasteiger partial charge in [-0.25, -0.2) is 0 Å². The Morgan fingerprint density at radius 2 is 1.92 bits per heavy atom. The number of benzene rings is 1. The lowest BCUT2D eigenvalue weighted by Gasteiger charge is -2.20. The van der Waals surface area contributed by atoms with Gasteiger partial charge in [0.25, 0.3) is 11.1 Å². The van der Waals surface area contributed by atoms with Gasteiger partial charge >= 0.3 is 0 Å². The van der Waals surface area contributed by atoms with Gasteiger partial charge in [0.05, 0.1) is 4.91 Å². The Kier molecular flexibility index (Phi) is 4.82. The Labute approximate surface area is 147 Å². The van der Waals surface area contributed by atoms with E-state index in [2.05, 4.69) is 0 Å². The molecule has 3 rings (SSSR count). The number of carbonyl (C=O) groups is 3. The molecule has 0 spiro atoms. The van der Waals surface area contributed by atoms with Crippen molar-refractivity contribution in [3.05, 3.63) is 57.6 Å². The molecule has 1 aliphatic heterocycles. The summed E-state index contributed by atoms with van der Waals surface area (Å²) in [6.45, 7) is -0.266. The van der Waals surface area contributed by atoms with E-state index in [0.717, 1.165) is 21.5 Å². The van der Waals surface area contributed by atoms with E-state index in [4.69, 9.17) is 0 Å². The summed E-state index contributed by atoms with van der Waals surface area (Å²) < 4.78 is 0. The van der Waals surface area contributed by atoms with E-state index >= 15 is 0 Å². The molecule has 0 radical (unpaired) electrons. The second kappa shape index (κ2) is 7.02. The Balaban J connectivity index is 1.72. The van der Waals surface area contributed by atoms with Crippen LogP contribution in [-0.4, -0.2) is 35.5 Å². The molecule has 1 aromatic carbocycles. The van der Waals surface area contributed by atoms with Crippen LogP contribution in [0.15, 0.2) is 52.7 Å². The minimum atomic E-state index is -0.423. The van der Waals surface area contributed by atoms with Gasteiger partial charge in [-0.05, 0) is 41.4 Å². The first-order valence-corrected chi connectivity index (χ1v) is 8.86. The smallest absolute Gasteiger partial charge is 0.294 e. The fourth-order valence-corrected chi connectivity index (χ4v) is 3.74. The van der Waals surface area contributed by atoms with E-state index in [9.17, 15) is 14.4 Å². The molecular weight excluding hydrogens is 344 g/mol. The van der Waals surface area contributed by atoms with Gasteiger partial charge < -0.3 is 4.90 Å². The zero-order chi connectivity index (χ0) is 17.1. The van der Waals surface area contributed by atoms with Crippen molar-refractivity contribution in [2.75, 3.05) is 18.5 Å². The number of thioether (sulfide) groups is 1. The number of imide groups is 1. The van der Waals surface area contributed by atoms with Gasteiger partial charge in [-0.1, -0.05) is 24.3 Å². The summed E-state index contributed by atoms with van der Waals surface area (Å²) in [5.41, 5.74) is 0.712. The van der Waals surface area contributed by atoms with E-state index in [1.54, 1.807) is 25.3 Å². The number of thiophene rings is 1. The molecule has 7 heteroatoms. The third kappa shape index (κ3) is 3.42. The molecule has 1 aromatic heterocycles. The van der Waals surface area contributed by atoms with E-state index in [1.807, 2.05) is 35.7 Å². The van der Waals surface area contributed by atoms with Crippen LogP contribution >= 0.6 is 23.1 Å². The highest BCUT2D eigenvalue weighted by Gasteiger charge is 2.36. The van der Waals surface area contributed by atoms with Crippen molar-refractivity contribution in [2.24, 2.45) is 0 Å². The molecule has 0 N–H and O–H groups in total. The minimum Gasteiger partial charge on any atom is -0.314 e. The van der Waals surface area contributed by atoms with Crippen molar-refractivity contribution >= 4 is 51.9 Å². The maximum absolute atomic E-state index is 12.4. The molecule has 1 fully saturated rings. The van der Waals surface area contributed by atoms with Gasteiger partial charge in [0.2, 0.25) is 5.91 Å². The van der Waals surface area contributed by atoms with Crippen molar-refractivity contribution in [1.29, 1.82) is 0 Å².